The van der Waals surface area contributed by atoms with Crippen LogP contribution < -0.4 is 23.8 Å². The molecule has 9 heteroatoms. The number of ether oxygens (including phenoxy) is 4. The molecule has 1 unspecified atom stereocenters. The zero-order chi connectivity index (χ0) is 22.0. The van der Waals surface area contributed by atoms with Gasteiger partial charge in [0.1, 0.15) is 11.5 Å². The van der Waals surface area contributed by atoms with Gasteiger partial charge in [-0.05, 0) is 30.3 Å². The van der Waals surface area contributed by atoms with Gasteiger partial charge in [-0.3, -0.25) is 4.79 Å². The molecule has 1 fully saturated rings. The van der Waals surface area contributed by atoms with Crippen molar-refractivity contribution in [2.45, 2.75) is 12.3 Å². The largest absolute Gasteiger partial charge is 0.497 e. The first kappa shape index (κ1) is 20.5. The maximum absolute atomic E-state index is 12.8. The monoisotopic (exact) mass is 425 g/mol. The Morgan fingerprint density at radius 1 is 0.935 bits per heavy atom. The van der Waals surface area contributed by atoms with Crippen LogP contribution in [0.3, 0.4) is 0 Å². The van der Waals surface area contributed by atoms with Crippen LogP contribution >= 0.6 is 0 Å². The summed E-state index contributed by atoms with van der Waals surface area (Å²) in [4.78, 5) is 18.9. The summed E-state index contributed by atoms with van der Waals surface area (Å²) in [7, 11) is 6.28. The average molecular weight is 425 g/mol. The van der Waals surface area contributed by atoms with Gasteiger partial charge in [-0.1, -0.05) is 5.16 Å². The van der Waals surface area contributed by atoms with Gasteiger partial charge in [0, 0.05) is 24.6 Å². The highest BCUT2D eigenvalue weighted by Crippen LogP contribution is 2.39. The van der Waals surface area contributed by atoms with Crippen LogP contribution in [0.15, 0.2) is 40.9 Å². The Morgan fingerprint density at radius 2 is 1.68 bits per heavy atom. The minimum atomic E-state index is -0.232. The van der Waals surface area contributed by atoms with E-state index in [-0.39, 0.29) is 18.2 Å². The molecule has 3 aromatic rings. The number of aromatic nitrogens is 2. The summed E-state index contributed by atoms with van der Waals surface area (Å²) in [5.41, 5.74) is 1.37. The molecule has 0 saturated carbocycles. The highest BCUT2D eigenvalue weighted by Gasteiger charge is 2.36. The lowest BCUT2D eigenvalue weighted by atomic mass is 10.1. The second kappa shape index (κ2) is 8.55. The molecule has 2 heterocycles. The Labute approximate surface area is 179 Å². The quantitative estimate of drug-likeness (QED) is 0.569. The summed E-state index contributed by atoms with van der Waals surface area (Å²) in [6.45, 7) is 0.399. The zero-order valence-electron chi connectivity index (χ0n) is 17.7. The molecule has 0 aliphatic carbocycles. The van der Waals surface area contributed by atoms with Crippen molar-refractivity contribution in [1.29, 1.82) is 0 Å². The second-order valence-corrected chi connectivity index (χ2v) is 6.97. The van der Waals surface area contributed by atoms with Crippen molar-refractivity contribution >= 4 is 11.6 Å². The van der Waals surface area contributed by atoms with Crippen LogP contribution in [0, 0.1) is 0 Å². The van der Waals surface area contributed by atoms with Crippen LogP contribution in [0.2, 0.25) is 0 Å². The molecule has 2 aromatic carbocycles. The Hall–Kier alpha value is -3.75. The van der Waals surface area contributed by atoms with Crippen LogP contribution in [0.5, 0.6) is 23.0 Å². The number of carbonyl (C=O) groups is 1. The Morgan fingerprint density at radius 3 is 2.39 bits per heavy atom. The Balaban J connectivity index is 1.58. The minimum absolute atomic E-state index is 0.0533. The van der Waals surface area contributed by atoms with Gasteiger partial charge >= 0.3 is 0 Å². The lowest BCUT2D eigenvalue weighted by molar-refractivity contribution is -0.117. The van der Waals surface area contributed by atoms with Gasteiger partial charge in [-0.15, -0.1) is 0 Å². The number of nitrogens with zero attached hydrogens (tertiary/aromatic N) is 3. The first-order valence-corrected chi connectivity index (χ1v) is 9.66. The van der Waals surface area contributed by atoms with Gasteiger partial charge in [0.25, 0.3) is 0 Å². The van der Waals surface area contributed by atoms with Crippen molar-refractivity contribution in [1.82, 2.24) is 10.1 Å². The molecule has 9 nitrogen and oxygen atoms in total. The van der Waals surface area contributed by atoms with Gasteiger partial charge < -0.3 is 28.4 Å². The molecule has 0 radical (unpaired) electrons. The predicted octanol–water partition coefficient (Wildman–Crippen LogP) is 3.29. The molecular weight excluding hydrogens is 402 g/mol. The van der Waals surface area contributed by atoms with Crippen molar-refractivity contribution in [2.75, 3.05) is 39.9 Å². The maximum atomic E-state index is 12.8. The predicted molar refractivity (Wildman–Crippen MR) is 112 cm³/mol. The van der Waals surface area contributed by atoms with E-state index in [1.54, 1.807) is 63.7 Å². The van der Waals surface area contributed by atoms with Gasteiger partial charge in [0.05, 0.1) is 40.0 Å². The fourth-order valence-electron chi connectivity index (χ4n) is 3.61. The Bertz CT molecular complexity index is 1100. The number of hydrogen-bond donors (Lipinski definition) is 0. The van der Waals surface area contributed by atoms with Gasteiger partial charge in [0.15, 0.2) is 11.5 Å². The second-order valence-electron chi connectivity index (χ2n) is 6.97. The highest BCUT2D eigenvalue weighted by atomic mass is 16.5. The number of hydrogen-bond acceptors (Lipinski definition) is 8. The topological polar surface area (TPSA) is 96.2 Å². The van der Waals surface area contributed by atoms with E-state index in [4.69, 9.17) is 23.5 Å². The van der Waals surface area contributed by atoms with E-state index >= 15 is 0 Å². The van der Waals surface area contributed by atoms with E-state index in [1.165, 1.54) is 0 Å². The van der Waals surface area contributed by atoms with Crippen LogP contribution in [-0.4, -0.2) is 51.0 Å². The average Bonchev–Trinajstić information content (AvgIpc) is 3.45. The summed E-state index contributed by atoms with van der Waals surface area (Å²) in [6, 6.07) is 10.7. The molecule has 1 aromatic heterocycles. The molecule has 4 rings (SSSR count). The summed E-state index contributed by atoms with van der Waals surface area (Å²) >= 11 is 0. The number of methoxy groups -OCH3 is 4. The molecular formula is C22H23N3O6. The number of benzene rings is 2. The van der Waals surface area contributed by atoms with E-state index in [1.807, 2.05) is 6.07 Å². The number of carbonyl (C=O) groups excluding carboxylic acids is 1. The number of amides is 1. The molecule has 1 amide bonds. The van der Waals surface area contributed by atoms with Crippen molar-refractivity contribution in [3.05, 3.63) is 42.3 Å². The van der Waals surface area contributed by atoms with Crippen molar-refractivity contribution < 1.29 is 28.3 Å². The first-order chi connectivity index (χ1) is 15.1. The molecule has 0 spiro atoms. The maximum Gasteiger partial charge on any atom is 0.232 e. The van der Waals surface area contributed by atoms with Gasteiger partial charge in [-0.25, -0.2) is 0 Å². The van der Waals surface area contributed by atoms with E-state index in [0.717, 1.165) is 5.56 Å². The minimum Gasteiger partial charge on any atom is -0.497 e. The standard InChI is InChI=1S/C22H23N3O6/c1-27-15-6-8-17(28-2)16(11-15)25-12-14(10-20(25)26)22-23-21(24-31-22)13-5-7-18(29-3)19(9-13)30-4/h5-9,11,14H,10,12H2,1-4H3. The summed E-state index contributed by atoms with van der Waals surface area (Å²) in [5.74, 6) is 2.94. The zero-order valence-corrected chi connectivity index (χ0v) is 17.7. The smallest absolute Gasteiger partial charge is 0.232 e. The fraction of sp³-hybridized carbons (Fsp3) is 0.318. The van der Waals surface area contributed by atoms with E-state index in [0.29, 0.717) is 46.9 Å². The van der Waals surface area contributed by atoms with Crippen molar-refractivity contribution in [2.24, 2.45) is 0 Å². The van der Waals surface area contributed by atoms with Crippen LogP contribution in [0.25, 0.3) is 11.4 Å². The molecule has 0 bridgehead atoms. The van der Waals surface area contributed by atoms with Crippen molar-refractivity contribution in [3.8, 4) is 34.4 Å². The van der Waals surface area contributed by atoms with Gasteiger partial charge in [-0.2, -0.15) is 4.98 Å². The van der Waals surface area contributed by atoms with Crippen LogP contribution in [-0.2, 0) is 4.79 Å². The van der Waals surface area contributed by atoms with E-state index in [2.05, 4.69) is 10.1 Å². The van der Waals surface area contributed by atoms with Crippen LogP contribution in [0.1, 0.15) is 18.2 Å². The third-order valence-corrected chi connectivity index (χ3v) is 5.23. The highest BCUT2D eigenvalue weighted by molar-refractivity contribution is 5.98. The van der Waals surface area contributed by atoms with Crippen molar-refractivity contribution in [3.63, 3.8) is 0 Å². The third kappa shape index (κ3) is 3.86. The normalized spacial score (nSPS) is 15.8. The Kier molecular flexibility index (Phi) is 5.66. The molecule has 1 atom stereocenters. The fourth-order valence-corrected chi connectivity index (χ4v) is 3.61. The molecule has 31 heavy (non-hydrogen) atoms. The van der Waals surface area contributed by atoms with Gasteiger partial charge in [0.2, 0.25) is 17.6 Å². The molecule has 0 N–H and O–H groups in total. The number of rotatable bonds is 7. The molecule has 1 aliphatic rings. The molecule has 1 aliphatic heterocycles. The van der Waals surface area contributed by atoms with E-state index in [9.17, 15) is 4.79 Å². The summed E-state index contributed by atoms with van der Waals surface area (Å²) in [5, 5.41) is 4.09. The lowest BCUT2D eigenvalue weighted by Gasteiger charge is -2.20. The number of anilines is 1. The summed E-state index contributed by atoms with van der Waals surface area (Å²) < 4.78 is 26.8. The third-order valence-electron chi connectivity index (χ3n) is 5.23. The molecule has 1 saturated heterocycles. The SMILES string of the molecule is COc1ccc(OC)c(N2CC(c3nc(-c4ccc(OC)c(OC)c4)no3)CC2=O)c1. The lowest BCUT2D eigenvalue weighted by Crippen LogP contribution is -2.24. The van der Waals surface area contributed by atoms with Crippen LogP contribution in [0.4, 0.5) is 5.69 Å². The first-order valence-electron chi connectivity index (χ1n) is 9.66. The molecule has 162 valence electrons. The van der Waals surface area contributed by atoms with E-state index < -0.39 is 0 Å². The summed E-state index contributed by atoms with van der Waals surface area (Å²) in [6.07, 6.45) is 0.258.